The van der Waals surface area contributed by atoms with E-state index in [0.717, 1.165) is 25.7 Å². The number of piperidine rings is 2. The van der Waals surface area contributed by atoms with E-state index in [1.807, 2.05) is 52.5 Å². The lowest BCUT2D eigenvalue weighted by Gasteiger charge is -2.51. The minimum atomic E-state index is -2.86. The number of fused-ring (bicyclic) bond motifs is 4. The maximum absolute atomic E-state index is 14.7. The van der Waals surface area contributed by atoms with E-state index in [-0.39, 0.29) is 35.4 Å². The number of pyridine rings is 1. The molecular formula is C37H47F3N6O4. The van der Waals surface area contributed by atoms with Gasteiger partial charge in [-0.1, -0.05) is 6.07 Å². The summed E-state index contributed by atoms with van der Waals surface area (Å²) in [5.74, 6) is -1.40. The number of imidazole rings is 1. The molecule has 0 unspecified atom stereocenters. The molecule has 50 heavy (non-hydrogen) atoms. The van der Waals surface area contributed by atoms with Gasteiger partial charge >= 0.3 is 6.09 Å². The van der Waals surface area contributed by atoms with E-state index < -0.39 is 35.8 Å². The minimum absolute atomic E-state index is 0.0253. The van der Waals surface area contributed by atoms with Gasteiger partial charge in [0.15, 0.2) is 5.82 Å². The van der Waals surface area contributed by atoms with Crippen molar-refractivity contribution in [3.63, 3.8) is 0 Å². The Morgan fingerprint density at radius 2 is 1.68 bits per heavy atom. The van der Waals surface area contributed by atoms with Gasteiger partial charge in [0.1, 0.15) is 17.5 Å². The maximum Gasteiger partial charge on any atom is 0.411 e. The number of benzene rings is 1. The summed E-state index contributed by atoms with van der Waals surface area (Å²) >= 11 is 0. The number of piperazine rings is 1. The van der Waals surface area contributed by atoms with Crippen LogP contribution in [0.4, 0.5) is 23.7 Å². The third kappa shape index (κ3) is 6.75. The number of hydrogen-bond donors (Lipinski definition) is 0. The van der Waals surface area contributed by atoms with Crippen LogP contribution in [-0.2, 0) is 9.53 Å². The summed E-state index contributed by atoms with van der Waals surface area (Å²) in [6.07, 6.45) is 3.14. The monoisotopic (exact) mass is 696 g/mol. The predicted molar refractivity (Wildman–Crippen MR) is 184 cm³/mol. The van der Waals surface area contributed by atoms with E-state index in [0.29, 0.717) is 55.1 Å². The number of rotatable bonds is 7. The molecule has 1 atom stereocenters. The van der Waals surface area contributed by atoms with Crippen LogP contribution in [0.25, 0.3) is 16.6 Å². The van der Waals surface area contributed by atoms with Gasteiger partial charge in [0.05, 0.1) is 23.0 Å². The van der Waals surface area contributed by atoms with E-state index in [1.165, 1.54) is 28.8 Å². The molecule has 2 bridgehead atoms. The number of anilines is 1. The Morgan fingerprint density at radius 3 is 2.28 bits per heavy atom. The molecule has 0 spiro atoms. The third-order valence-corrected chi connectivity index (χ3v) is 10.3. The number of halogens is 3. The predicted octanol–water partition coefficient (Wildman–Crippen LogP) is 6.78. The number of aromatic nitrogens is 2. The molecule has 5 heterocycles. The zero-order valence-corrected chi connectivity index (χ0v) is 29.7. The van der Waals surface area contributed by atoms with Crippen molar-refractivity contribution in [1.29, 1.82) is 0 Å². The summed E-state index contributed by atoms with van der Waals surface area (Å²) in [4.78, 5) is 52.3. The fraction of sp³-hybridized carbons (Fsp3) is 0.568. The molecule has 1 aromatic carbocycles. The van der Waals surface area contributed by atoms with E-state index in [4.69, 9.17) is 4.74 Å². The van der Waals surface area contributed by atoms with E-state index >= 15 is 0 Å². The lowest BCUT2D eigenvalue weighted by atomic mass is 9.74. The Balaban J connectivity index is 1.30. The first kappa shape index (κ1) is 35.5. The van der Waals surface area contributed by atoms with Gasteiger partial charge in [0, 0.05) is 56.6 Å². The smallest absolute Gasteiger partial charge is 0.411 e. The zero-order chi connectivity index (χ0) is 36.1. The summed E-state index contributed by atoms with van der Waals surface area (Å²) in [6.45, 7) is 13.0. The number of amides is 3. The van der Waals surface area contributed by atoms with Crippen molar-refractivity contribution in [2.24, 2.45) is 5.92 Å². The average molecular weight is 697 g/mol. The van der Waals surface area contributed by atoms with Gasteiger partial charge in [-0.2, -0.15) is 0 Å². The van der Waals surface area contributed by atoms with Gasteiger partial charge in [-0.3, -0.25) is 18.9 Å². The second kappa shape index (κ2) is 13.8. The number of hydrogen-bond acceptors (Lipinski definition) is 6. The zero-order valence-electron chi connectivity index (χ0n) is 29.7. The molecule has 7 rings (SSSR count). The SMILES string of the molecule is CCN(C(=O)c1cc(F)ccc1-c1cc(N2CCN(C(=O)[C@H]3C4CCC(CC4)N3C(=O)OC(C)(C)C)CC2)cn2c(C(F)F)ncc12)C(C)C. The molecule has 1 aliphatic carbocycles. The topological polar surface area (TPSA) is 90.7 Å². The average Bonchev–Trinajstić information content (AvgIpc) is 3.52. The van der Waals surface area contributed by atoms with Gasteiger partial charge in [0.25, 0.3) is 12.3 Å². The van der Waals surface area contributed by atoms with Crippen molar-refractivity contribution >= 4 is 29.1 Å². The van der Waals surface area contributed by atoms with Crippen LogP contribution in [0.2, 0.25) is 0 Å². The van der Waals surface area contributed by atoms with Crippen molar-refractivity contribution < 1.29 is 32.3 Å². The number of nitrogens with zero attached hydrogens (tertiary/aromatic N) is 6. The van der Waals surface area contributed by atoms with Gasteiger partial charge in [0.2, 0.25) is 5.91 Å². The quantitative estimate of drug-likeness (QED) is 0.271. The summed E-state index contributed by atoms with van der Waals surface area (Å²) in [7, 11) is 0. The molecule has 270 valence electrons. The van der Waals surface area contributed by atoms with E-state index in [1.54, 1.807) is 20.9 Å². The lowest BCUT2D eigenvalue weighted by Crippen LogP contribution is -2.65. The lowest BCUT2D eigenvalue weighted by molar-refractivity contribution is -0.146. The van der Waals surface area contributed by atoms with Crippen LogP contribution in [0, 0.1) is 11.7 Å². The Bertz CT molecular complexity index is 1760. The largest absolute Gasteiger partial charge is 0.444 e. The number of alkyl halides is 2. The molecule has 0 N–H and O–H groups in total. The first-order chi connectivity index (χ1) is 23.7. The highest BCUT2D eigenvalue weighted by molar-refractivity contribution is 6.03. The molecule has 2 aromatic heterocycles. The molecule has 0 radical (unpaired) electrons. The second-order valence-corrected chi connectivity index (χ2v) is 14.9. The Morgan fingerprint density at radius 1 is 1.00 bits per heavy atom. The molecule has 13 heteroatoms. The molecule has 1 saturated carbocycles. The summed E-state index contributed by atoms with van der Waals surface area (Å²) < 4.78 is 50.2. The summed E-state index contributed by atoms with van der Waals surface area (Å²) in [5.41, 5.74) is 1.29. The summed E-state index contributed by atoms with van der Waals surface area (Å²) in [6, 6.07) is 5.04. The number of carbonyl (C=O) groups excluding carboxylic acids is 3. The Kier molecular flexibility index (Phi) is 9.80. The van der Waals surface area contributed by atoms with Crippen LogP contribution in [-0.4, -0.2) is 98.4 Å². The molecule has 10 nitrogen and oxygen atoms in total. The van der Waals surface area contributed by atoms with Crippen LogP contribution in [0.3, 0.4) is 0 Å². The van der Waals surface area contributed by atoms with Crippen LogP contribution in [0.15, 0.2) is 36.7 Å². The third-order valence-electron chi connectivity index (χ3n) is 10.3. The molecular weight excluding hydrogens is 649 g/mol. The fourth-order valence-electron chi connectivity index (χ4n) is 7.90. The van der Waals surface area contributed by atoms with Crippen molar-refractivity contribution in [3.05, 3.63) is 53.9 Å². The second-order valence-electron chi connectivity index (χ2n) is 14.9. The van der Waals surface area contributed by atoms with Crippen LogP contribution >= 0.6 is 0 Å². The molecule has 3 aromatic rings. The number of carbonyl (C=O) groups is 3. The van der Waals surface area contributed by atoms with Crippen LogP contribution in [0.1, 0.15) is 89.8 Å². The highest BCUT2D eigenvalue weighted by Crippen LogP contribution is 2.42. The molecule has 3 aliphatic heterocycles. The van der Waals surface area contributed by atoms with Gasteiger partial charge in [-0.05, 0) is 96.9 Å². The van der Waals surface area contributed by atoms with Crippen molar-refractivity contribution in [3.8, 4) is 11.1 Å². The van der Waals surface area contributed by atoms with Gasteiger partial charge in [-0.25, -0.2) is 22.9 Å². The standard InChI is InChI=1S/C37H47F3N6O4/c1-7-44(22(2)3)34(47)29-18-24(38)10-13-27(29)28-19-26(21-45-30(28)20-41-33(45)32(39)40)42-14-16-43(17-15-42)35(48)31-23-8-11-25(12-9-23)46(31)36(49)50-37(4,5)6/h10,13,18-23,25,31-32H,7-9,11-12,14-17H2,1-6H3/t23?,25?,31-/m1/s1. The van der Waals surface area contributed by atoms with E-state index in [2.05, 4.69) is 4.98 Å². The van der Waals surface area contributed by atoms with E-state index in [9.17, 15) is 27.6 Å². The van der Waals surface area contributed by atoms with Crippen LogP contribution in [0.5, 0.6) is 0 Å². The highest BCUT2D eigenvalue weighted by Gasteiger charge is 2.50. The van der Waals surface area contributed by atoms with Gasteiger partial charge < -0.3 is 19.4 Å². The van der Waals surface area contributed by atoms with Crippen molar-refractivity contribution in [1.82, 2.24) is 24.1 Å². The minimum Gasteiger partial charge on any atom is -0.444 e. The molecule has 4 aliphatic rings. The van der Waals surface area contributed by atoms with Crippen molar-refractivity contribution in [2.75, 3.05) is 37.6 Å². The van der Waals surface area contributed by atoms with Crippen molar-refractivity contribution in [2.45, 2.75) is 97.4 Å². The summed E-state index contributed by atoms with van der Waals surface area (Å²) in [5, 5.41) is 0. The first-order valence-electron chi connectivity index (χ1n) is 17.6. The molecule has 3 saturated heterocycles. The van der Waals surface area contributed by atoms with Gasteiger partial charge in [-0.15, -0.1) is 0 Å². The Labute approximate surface area is 291 Å². The molecule has 3 amide bonds. The Hall–Kier alpha value is -4.29. The van der Waals surface area contributed by atoms with Crippen LogP contribution < -0.4 is 4.90 Å². The normalized spacial score (nSPS) is 21.0. The maximum atomic E-state index is 14.7. The molecule has 4 fully saturated rings. The first-order valence-corrected chi connectivity index (χ1v) is 17.6. The number of ether oxygens (including phenoxy) is 1. The fourth-order valence-corrected chi connectivity index (χ4v) is 7.90. The highest BCUT2D eigenvalue weighted by atomic mass is 19.3.